The normalized spacial score (nSPS) is 11.1. The van der Waals surface area contributed by atoms with Gasteiger partial charge in [0.2, 0.25) is 5.91 Å². The number of aryl methyl sites for hydroxylation is 1. The highest BCUT2D eigenvalue weighted by atomic mass is 35.5. The van der Waals surface area contributed by atoms with Gasteiger partial charge in [0.25, 0.3) is 10.0 Å². The number of benzene rings is 1. The Morgan fingerprint density at radius 3 is 2.52 bits per heavy atom. The molecule has 1 heterocycles. The van der Waals surface area contributed by atoms with Gasteiger partial charge >= 0.3 is 0 Å². The third kappa shape index (κ3) is 4.27. The lowest BCUT2D eigenvalue weighted by Crippen LogP contribution is -2.32. The van der Waals surface area contributed by atoms with Crippen LogP contribution in [0.15, 0.2) is 47.6 Å². The van der Waals surface area contributed by atoms with Crippen LogP contribution in [0.3, 0.4) is 0 Å². The molecule has 0 aliphatic carbocycles. The summed E-state index contributed by atoms with van der Waals surface area (Å²) in [6.45, 7) is 1.75. The molecule has 1 amide bonds. The molecule has 0 saturated carbocycles. The molecule has 1 aromatic heterocycles. The molecule has 1 aromatic carbocycles. The zero-order valence-electron chi connectivity index (χ0n) is 11.2. The van der Waals surface area contributed by atoms with E-state index >= 15 is 0 Å². The number of amides is 1. The lowest BCUT2D eigenvalue weighted by atomic mass is 10.1. The molecule has 0 aliphatic rings. The first kappa shape index (κ1) is 15.5. The van der Waals surface area contributed by atoms with Crippen LogP contribution in [0, 0.1) is 6.92 Å². The van der Waals surface area contributed by atoms with Crippen molar-refractivity contribution >= 4 is 27.5 Å². The SMILES string of the molecule is Cc1ccnc(S(=O)(=O)NC(=O)Cc2ccc(Cl)cc2)c1. The van der Waals surface area contributed by atoms with Gasteiger partial charge in [0, 0.05) is 11.2 Å². The molecule has 0 unspecified atom stereocenters. The van der Waals surface area contributed by atoms with Gasteiger partial charge in [-0.25, -0.2) is 9.71 Å². The van der Waals surface area contributed by atoms with E-state index in [1.165, 1.54) is 12.3 Å². The van der Waals surface area contributed by atoms with Crippen molar-refractivity contribution in [3.63, 3.8) is 0 Å². The summed E-state index contributed by atoms with van der Waals surface area (Å²) in [6, 6.07) is 9.69. The van der Waals surface area contributed by atoms with E-state index < -0.39 is 15.9 Å². The van der Waals surface area contributed by atoms with Crippen LogP contribution in [-0.2, 0) is 21.2 Å². The van der Waals surface area contributed by atoms with Crippen molar-refractivity contribution < 1.29 is 13.2 Å². The fourth-order valence-corrected chi connectivity index (χ4v) is 2.82. The van der Waals surface area contributed by atoms with Crippen molar-refractivity contribution in [3.8, 4) is 0 Å². The second kappa shape index (κ2) is 6.24. The molecule has 2 aromatic rings. The summed E-state index contributed by atoms with van der Waals surface area (Å²) in [6.07, 6.45) is 1.33. The van der Waals surface area contributed by atoms with Crippen LogP contribution < -0.4 is 4.72 Å². The fraction of sp³-hybridized carbons (Fsp3) is 0.143. The molecule has 0 saturated heterocycles. The van der Waals surface area contributed by atoms with Crippen LogP contribution in [0.2, 0.25) is 5.02 Å². The zero-order chi connectivity index (χ0) is 15.5. The number of hydrogen-bond donors (Lipinski definition) is 1. The van der Waals surface area contributed by atoms with E-state index in [0.717, 1.165) is 5.56 Å². The van der Waals surface area contributed by atoms with Crippen LogP contribution >= 0.6 is 11.6 Å². The van der Waals surface area contributed by atoms with Crippen LogP contribution in [0.25, 0.3) is 0 Å². The maximum atomic E-state index is 12.0. The average Bonchev–Trinajstić information content (AvgIpc) is 2.41. The van der Waals surface area contributed by atoms with Gasteiger partial charge in [-0.3, -0.25) is 4.79 Å². The Kier molecular flexibility index (Phi) is 4.59. The van der Waals surface area contributed by atoms with Gasteiger partial charge < -0.3 is 0 Å². The van der Waals surface area contributed by atoms with Crippen molar-refractivity contribution in [2.45, 2.75) is 18.4 Å². The number of sulfonamides is 1. The highest BCUT2D eigenvalue weighted by Gasteiger charge is 2.19. The van der Waals surface area contributed by atoms with E-state index in [9.17, 15) is 13.2 Å². The number of nitrogens with zero attached hydrogens (tertiary/aromatic N) is 1. The molecule has 7 heteroatoms. The Balaban J connectivity index is 2.09. The van der Waals surface area contributed by atoms with Crippen molar-refractivity contribution in [3.05, 3.63) is 58.7 Å². The molecule has 2 rings (SSSR count). The summed E-state index contributed by atoms with van der Waals surface area (Å²) in [4.78, 5) is 15.6. The van der Waals surface area contributed by atoms with Gasteiger partial charge in [0.1, 0.15) is 0 Å². The maximum absolute atomic E-state index is 12.0. The topological polar surface area (TPSA) is 76.1 Å². The van der Waals surface area contributed by atoms with Gasteiger partial charge in [-0.15, -0.1) is 0 Å². The summed E-state index contributed by atoms with van der Waals surface area (Å²) in [5.74, 6) is -0.624. The van der Waals surface area contributed by atoms with Gasteiger partial charge in [0.05, 0.1) is 6.42 Å². The van der Waals surface area contributed by atoms with Crippen molar-refractivity contribution in [2.24, 2.45) is 0 Å². The second-order valence-electron chi connectivity index (χ2n) is 4.50. The van der Waals surface area contributed by atoms with E-state index in [-0.39, 0.29) is 11.4 Å². The molecule has 0 aliphatic heterocycles. The number of rotatable bonds is 4. The highest BCUT2D eigenvalue weighted by molar-refractivity contribution is 7.90. The van der Waals surface area contributed by atoms with Gasteiger partial charge in [-0.05, 0) is 42.3 Å². The number of aromatic nitrogens is 1. The lowest BCUT2D eigenvalue weighted by Gasteiger charge is -2.07. The third-order valence-corrected chi connectivity index (χ3v) is 4.21. The Labute approximate surface area is 128 Å². The van der Waals surface area contributed by atoms with E-state index in [4.69, 9.17) is 11.6 Å². The Morgan fingerprint density at radius 2 is 1.90 bits per heavy atom. The molecule has 21 heavy (non-hydrogen) atoms. The first-order valence-electron chi connectivity index (χ1n) is 6.09. The van der Waals surface area contributed by atoms with E-state index in [2.05, 4.69) is 4.98 Å². The molecule has 5 nitrogen and oxygen atoms in total. The zero-order valence-corrected chi connectivity index (χ0v) is 12.8. The van der Waals surface area contributed by atoms with Gasteiger partial charge in [-0.1, -0.05) is 23.7 Å². The maximum Gasteiger partial charge on any atom is 0.281 e. The molecule has 1 N–H and O–H groups in total. The molecule has 0 fully saturated rings. The predicted octanol–water partition coefficient (Wildman–Crippen LogP) is 2.09. The largest absolute Gasteiger partial charge is 0.281 e. The lowest BCUT2D eigenvalue weighted by molar-refractivity contribution is -0.118. The standard InChI is InChI=1S/C14H13ClN2O3S/c1-10-6-7-16-14(8-10)21(19,20)17-13(18)9-11-2-4-12(15)5-3-11/h2-8H,9H2,1H3,(H,17,18). The summed E-state index contributed by atoms with van der Waals surface area (Å²) in [5, 5.41) is 0.377. The van der Waals surface area contributed by atoms with Crippen molar-refractivity contribution in [1.29, 1.82) is 0 Å². The minimum absolute atomic E-state index is 0.0534. The molecular formula is C14H13ClN2O3S. The summed E-state index contributed by atoms with van der Waals surface area (Å²) in [5.41, 5.74) is 1.42. The predicted molar refractivity (Wildman–Crippen MR) is 79.5 cm³/mol. The Hall–Kier alpha value is -1.92. The first-order chi connectivity index (χ1) is 9.87. The van der Waals surface area contributed by atoms with Gasteiger partial charge in [-0.2, -0.15) is 8.42 Å². The summed E-state index contributed by atoms with van der Waals surface area (Å²) < 4.78 is 26.0. The minimum atomic E-state index is -3.95. The van der Waals surface area contributed by atoms with Crippen LogP contribution in [0.1, 0.15) is 11.1 Å². The van der Waals surface area contributed by atoms with Crippen LogP contribution in [0.5, 0.6) is 0 Å². The smallest absolute Gasteiger partial charge is 0.274 e. The molecule has 0 radical (unpaired) electrons. The van der Waals surface area contributed by atoms with Crippen molar-refractivity contribution in [2.75, 3.05) is 0 Å². The molecule has 0 atom stereocenters. The highest BCUT2D eigenvalue weighted by Crippen LogP contribution is 2.11. The first-order valence-corrected chi connectivity index (χ1v) is 7.96. The Bertz CT molecular complexity index is 758. The molecular weight excluding hydrogens is 312 g/mol. The second-order valence-corrected chi connectivity index (χ2v) is 6.57. The third-order valence-electron chi connectivity index (χ3n) is 2.69. The summed E-state index contributed by atoms with van der Waals surface area (Å²) in [7, 11) is -3.95. The van der Waals surface area contributed by atoms with E-state index in [1.54, 1.807) is 37.3 Å². The molecule has 0 spiro atoms. The number of carbonyl (C=O) groups is 1. The van der Waals surface area contributed by atoms with Crippen molar-refractivity contribution in [1.82, 2.24) is 9.71 Å². The average molecular weight is 325 g/mol. The van der Waals surface area contributed by atoms with Gasteiger partial charge in [0.15, 0.2) is 5.03 Å². The van der Waals surface area contributed by atoms with Crippen LogP contribution in [-0.4, -0.2) is 19.3 Å². The molecule has 0 bridgehead atoms. The Morgan fingerprint density at radius 1 is 1.24 bits per heavy atom. The molecule has 110 valence electrons. The number of nitrogens with one attached hydrogen (secondary N) is 1. The van der Waals surface area contributed by atoms with E-state index in [0.29, 0.717) is 10.6 Å². The summed E-state index contributed by atoms with van der Waals surface area (Å²) >= 11 is 5.74. The minimum Gasteiger partial charge on any atom is -0.274 e. The monoisotopic (exact) mass is 324 g/mol. The number of pyridine rings is 1. The number of halogens is 1. The quantitative estimate of drug-likeness (QED) is 0.934. The number of carbonyl (C=O) groups excluding carboxylic acids is 1. The van der Waals surface area contributed by atoms with E-state index in [1.807, 2.05) is 4.72 Å². The fourth-order valence-electron chi connectivity index (χ4n) is 1.68. The van der Waals surface area contributed by atoms with Crippen LogP contribution in [0.4, 0.5) is 0 Å². The number of hydrogen-bond acceptors (Lipinski definition) is 4.